The lowest BCUT2D eigenvalue weighted by Crippen LogP contribution is -2.39. The molecule has 0 radical (unpaired) electrons. The summed E-state index contributed by atoms with van der Waals surface area (Å²) in [4.78, 5) is 6.31. The van der Waals surface area contributed by atoms with E-state index >= 15 is 0 Å². The molecule has 1 aliphatic heterocycles. The summed E-state index contributed by atoms with van der Waals surface area (Å²) in [5, 5.41) is 3.29. The number of halogens is 3. The van der Waals surface area contributed by atoms with Crippen LogP contribution in [0.15, 0.2) is 18.3 Å². The fourth-order valence-electron chi connectivity index (χ4n) is 2.53. The van der Waals surface area contributed by atoms with Gasteiger partial charge in [-0.2, -0.15) is 13.2 Å². The molecule has 0 spiro atoms. The lowest BCUT2D eigenvalue weighted by Gasteiger charge is -2.34. The highest BCUT2D eigenvalue weighted by Crippen LogP contribution is 2.35. The molecule has 2 rings (SSSR count). The van der Waals surface area contributed by atoms with E-state index < -0.39 is 12.1 Å². The molecule has 0 unspecified atom stereocenters. The van der Waals surface area contributed by atoms with E-state index in [2.05, 4.69) is 24.1 Å². The Morgan fingerprint density at radius 1 is 1.33 bits per heavy atom. The summed E-state index contributed by atoms with van der Waals surface area (Å²) < 4.78 is 38.0. The molecule has 6 heteroatoms. The molecule has 2 heterocycles. The number of hydrogen-bond donors (Lipinski definition) is 1. The van der Waals surface area contributed by atoms with Crippen molar-refractivity contribution >= 4 is 5.69 Å². The van der Waals surface area contributed by atoms with Gasteiger partial charge in [-0.1, -0.05) is 13.8 Å². The van der Waals surface area contributed by atoms with E-state index in [1.165, 1.54) is 0 Å². The van der Waals surface area contributed by atoms with Gasteiger partial charge in [0.1, 0.15) is 0 Å². The average molecular weight is 301 g/mol. The predicted octanol–water partition coefficient (Wildman–Crippen LogP) is 3.36. The molecule has 1 N–H and O–H groups in total. The van der Waals surface area contributed by atoms with Crippen LogP contribution in [0.1, 0.15) is 32.4 Å². The second kappa shape index (κ2) is 6.64. The Bertz CT molecular complexity index is 452. The Labute approximate surface area is 123 Å². The first-order valence-electron chi connectivity index (χ1n) is 7.36. The maximum Gasteiger partial charge on any atom is 0.391 e. The largest absolute Gasteiger partial charge is 0.391 e. The van der Waals surface area contributed by atoms with Gasteiger partial charge >= 0.3 is 6.18 Å². The summed E-state index contributed by atoms with van der Waals surface area (Å²) in [6, 6.07) is 4.20. The summed E-state index contributed by atoms with van der Waals surface area (Å²) in [6.07, 6.45) is -1.99. The summed E-state index contributed by atoms with van der Waals surface area (Å²) in [6.45, 7) is 5.69. The molecule has 1 aromatic heterocycles. The minimum atomic E-state index is -4.06. The second-order valence-electron chi connectivity index (χ2n) is 5.84. The Balaban J connectivity index is 1.95. The summed E-state index contributed by atoms with van der Waals surface area (Å²) in [7, 11) is 0. The highest BCUT2D eigenvalue weighted by molar-refractivity contribution is 5.46. The zero-order valence-electron chi connectivity index (χ0n) is 12.5. The van der Waals surface area contributed by atoms with Gasteiger partial charge in [-0.05, 0) is 25.0 Å². The molecule has 21 heavy (non-hydrogen) atoms. The van der Waals surface area contributed by atoms with Crippen LogP contribution in [0.5, 0.6) is 0 Å². The number of nitrogens with one attached hydrogen (secondary N) is 1. The third kappa shape index (κ3) is 4.59. The molecule has 1 aliphatic rings. The van der Waals surface area contributed by atoms with Crippen LogP contribution in [0.3, 0.4) is 0 Å². The van der Waals surface area contributed by atoms with Crippen molar-refractivity contribution in [3.8, 4) is 0 Å². The fourth-order valence-corrected chi connectivity index (χ4v) is 2.53. The number of aromatic nitrogens is 1. The van der Waals surface area contributed by atoms with Gasteiger partial charge in [-0.3, -0.25) is 4.98 Å². The number of pyridine rings is 1. The minimum absolute atomic E-state index is 0.172. The van der Waals surface area contributed by atoms with Gasteiger partial charge in [0.25, 0.3) is 0 Å². The molecule has 0 saturated carbocycles. The van der Waals surface area contributed by atoms with Crippen molar-refractivity contribution in [1.29, 1.82) is 0 Å². The van der Waals surface area contributed by atoms with E-state index in [0.717, 1.165) is 11.4 Å². The molecule has 0 atom stereocenters. The molecule has 1 aromatic rings. The Hall–Kier alpha value is -1.30. The van der Waals surface area contributed by atoms with Crippen molar-refractivity contribution in [3.63, 3.8) is 0 Å². The third-order valence-corrected chi connectivity index (χ3v) is 3.81. The number of nitrogens with zero attached hydrogens (tertiary/aromatic N) is 2. The number of rotatable bonds is 4. The predicted molar refractivity (Wildman–Crippen MR) is 77.2 cm³/mol. The van der Waals surface area contributed by atoms with Crippen LogP contribution in [-0.2, 0) is 6.54 Å². The first-order valence-corrected chi connectivity index (χ1v) is 7.36. The molecule has 0 bridgehead atoms. The Morgan fingerprint density at radius 2 is 2.00 bits per heavy atom. The van der Waals surface area contributed by atoms with Crippen LogP contribution in [0, 0.1) is 5.92 Å². The zero-order chi connectivity index (χ0) is 15.5. The molecule has 0 aromatic carbocycles. The first kappa shape index (κ1) is 16.1. The fraction of sp³-hybridized carbons (Fsp3) is 0.667. The van der Waals surface area contributed by atoms with Gasteiger partial charge in [-0.25, -0.2) is 0 Å². The van der Waals surface area contributed by atoms with Gasteiger partial charge < -0.3 is 10.2 Å². The van der Waals surface area contributed by atoms with E-state index in [-0.39, 0.29) is 12.8 Å². The SMILES string of the molecule is CC(C)NCc1cc(N2CCC(C(F)(F)F)CC2)ccn1. The van der Waals surface area contributed by atoms with E-state index in [4.69, 9.17) is 0 Å². The van der Waals surface area contributed by atoms with E-state index in [0.29, 0.717) is 25.7 Å². The van der Waals surface area contributed by atoms with Crippen LogP contribution in [0.25, 0.3) is 0 Å². The molecular formula is C15H22F3N3. The highest BCUT2D eigenvalue weighted by atomic mass is 19.4. The smallest absolute Gasteiger partial charge is 0.371 e. The van der Waals surface area contributed by atoms with Crippen LogP contribution < -0.4 is 10.2 Å². The molecule has 118 valence electrons. The van der Waals surface area contributed by atoms with Crippen molar-refractivity contribution in [2.24, 2.45) is 5.92 Å². The van der Waals surface area contributed by atoms with Crippen molar-refractivity contribution in [1.82, 2.24) is 10.3 Å². The molecular weight excluding hydrogens is 279 g/mol. The summed E-state index contributed by atoms with van der Waals surface area (Å²) in [5.41, 5.74) is 1.88. The topological polar surface area (TPSA) is 28.2 Å². The Kier molecular flexibility index (Phi) is 5.08. The van der Waals surface area contributed by atoms with Crippen molar-refractivity contribution in [2.75, 3.05) is 18.0 Å². The minimum Gasteiger partial charge on any atom is -0.371 e. The second-order valence-corrected chi connectivity index (χ2v) is 5.84. The molecule has 0 amide bonds. The van der Waals surface area contributed by atoms with Crippen LogP contribution in [0.2, 0.25) is 0 Å². The molecule has 1 fully saturated rings. The van der Waals surface area contributed by atoms with Crippen LogP contribution in [-0.4, -0.2) is 30.3 Å². The lowest BCUT2D eigenvalue weighted by molar-refractivity contribution is -0.179. The number of piperidine rings is 1. The molecule has 3 nitrogen and oxygen atoms in total. The van der Waals surface area contributed by atoms with Gasteiger partial charge in [-0.15, -0.1) is 0 Å². The molecule has 0 aliphatic carbocycles. The highest BCUT2D eigenvalue weighted by Gasteiger charge is 2.41. The number of anilines is 1. The Morgan fingerprint density at radius 3 is 2.57 bits per heavy atom. The quantitative estimate of drug-likeness (QED) is 0.924. The maximum absolute atomic E-state index is 12.7. The van der Waals surface area contributed by atoms with Crippen LogP contribution in [0.4, 0.5) is 18.9 Å². The van der Waals surface area contributed by atoms with Crippen molar-refractivity contribution in [3.05, 3.63) is 24.0 Å². The lowest BCUT2D eigenvalue weighted by atomic mass is 9.96. The van der Waals surface area contributed by atoms with Gasteiger partial charge in [0.15, 0.2) is 0 Å². The first-order chi connectivity index (χ1) is 9.86. The zero-order valence-corrected chi connectivity index (χ0v) is 12.5. The van der Waals surface area contributed by atoms with E-state index in [9.17, 15) is 13.2 Å². The normalized spacial score (nSPS) is 17.5. The van der Waals surface area contributed by atoms with Gasteiger partial charge in [0.2, 0.25) is 0 Å². The standard InChI is InChI=1S/C15H22F3N3/c1-11(2)20-10-13-9-14(3-6-19-13)21-7-4-12(5-8-21)15(16,17)18/h3,6,9,11-12,20H,4-5,7-8,10H2,1-2H3. The van der Waals surface area contributed by atoms with Gasteiger partial charge in [0.05, 0.1) is 11.6 Å². The van der Waals surface area contributed by atoms with E-state index in [1.54, 1.807) is 6.20 Å². The third-order valence-electron chi connectivity index (χ3n) is 3.81. The monoisotopic (exact) mass is 301 g/mol. The van der Waals surface area contributed by atoms with Crippen LogP contribution >= 0.6 is 0 Å². The number of hydrogen-bond acceptors (Lipinski definition) is 3. The molecule has 1 saturated heterocycles. The van der Waals surface area contributed by atoms with Gasteiger partial charge in [0, 0.05) is 37.6 Å². The number of alkyl halides is 3. The van der Waals surface area contributed by atoms with E-state index in [1.807, 2.05) is 17.0 Å². The van der Waals surface area contributed by atoms with Crippen molar-refractivity contribution < 1.29 is 13.2 Å². The summed E-state index contributed by atoms with van der Waals surface area (Å²) >= 11 is 0. The van der Waals surface area contributed by atoms with Crippen molar-refractivity contribution in [2.45, 2.75) is 45.5 Å². The maximum atomic E-state index is 12.7. The average Bonchev–Trinajstić information content (AvgIpc) is 2.45. The summed E-state index contributed by atoms with van der Waals surface area (Å²) in [5.74, 6) is -1.15.